The van der Waals surface area contributed by atoms with Crippen LogP contribution in [0.15, 0.2) is 30.3 Å². The third-order valence-electron chi connectivity index (χ3n) is 3.55. The second kappa shape index (κ2) is 6.93. The van der Waals surface area contributed by atoms with Crippen molar-refractivity contribution in [2.75, 3.05) is 6.54 Å². The molecular weight excluding hydrogens is 258 g/mol. The molecule has 108 valence electrons. The predicted molar refractivity (Wildman–Crippen MR) is 73.2 cm³/mol. The van der Waals surface area contributed by atoms with Crippen LogP contribution in [-0.2, 0) is 16.1 Å². The number of likely N-dealkylation sites (tertiary alicyclic amines) is 1. The van der Waals surface area contributed by atoms with Crippen molar-refractivity contribution in [1.82, 2.24) is 4.90 Å². The molecule has 1 N–H and O–H groups in total. The molecule has 5 heteroatoms. The second-order valence-corrected chi connectivity index (χ2v) is 4.96. The Kier molecular flexibility index (Phi) is 4.98. The summed E-state index contributed by atoms with van der Waals surface area (Å²) in [5.41, 5.74) is 0.953. The fourth-order valence-electron chi connectivity index (χ4n) is 2.48. The number of nitrogens with zero attached hydrogens (tertiary/aromatic N) is 1. The molecule has 1 aromatic carbocycles. The van der Waals surface area contributed by atoms with Gasteiger partial charge in [-0.2, -0.15) is 0 Å². The van der Waals surface area contributed by atoms with Crippen molar-refractivity contribution in [2.45, 2.75) is 38.3 Å². The van der Waals surface area contributed by atoms with Gasteiger partial charge in [0, 0.05) is 19.0 Å². The van der Waals surface area contributed by atoms with Crippen LogP contribution in [0.2, 0.25) is 0 Å². The molecule has 20 heavy (non-hydrogen) atoms. The fourth-order valence-corrected chi connectivity index (χ4v) is 2.48. The fraction of sp³-hybridized carbons (Fsp3) is 0.467. The van der Waals surface area contributed by atoms with Crippen molar-refractivity contribution in [1.29, 1.82) is 0 Å². The van der Waals surface area contributed by atoms with Gasteiger partial charge < -0.3 is 14.7 Å². The van der Waals surface area contributed by atoms with Crippen LogP contribution in [0.1, 0.15) is 31.2 Å². The van der Waals surface area contributed by atoms with E-state index in [0.717, 1.165) is 18.4 Å². The van der Waals surface area contributed by atoms with Crippen molar-refractivity contribution in [2.24, 2.45) is 0 Å². The molecule has 0 saturated carbocycles. The van der Waals surface area contributed by atoms with E-state index in [-0.39, 0.29) is 25.0 Å². The minimum atomic E-state index is -0.898. The van der Waals surface area contributed by atoms with Gasteiger partial charge in [-0.15, -0.1) is 0 Å². The van der Waals surface area contributed by atoms with E-state index in [1.165, 1.54) is 4.90 Å². The Bertz CT molecular complexity index is 460. The topological polar surface area (TPSA) is 66.8 Å². The monoisotopic (exact) mass is 277 g/mol. The van der Waals surface area contributed by atoms with Gasteiger partial charge in [-0.1, -0.05) is 30.3 Å². The Morgan fingerprint density at radius 3 is 2.75 bits per heavy atom. The quantitative estimate of drug-likeness (QED) is 0.840. The molecular formula is C15H19NO4. The van der Waals surface area contributed by atoms with Gasteiger partial charge in [0.1, 0.15) is 6.61 Å². The molecule has 0 bridgehead atoms. The Balaban J connectivity index is 1.71. The number of esters is 1. The number of benzene rings is 1. The third kappa shape index (κ3) is 3.98. The lowest BCUT2D eigenvalue weighted by molar-refractivity contribution is -0.145. The second-order valence-electron chi connectivity index (χ2n) is 4.96. The molecule has 1 unspecified atom stereocenters. The highest BCUT2D eigenvalue weighted by molar-refractivity contribution is 5.70. The highest BCUT2D eigenvalue weighted by atomic mass is 16.5. The number of hydrogen-bond acceptors (Lipinski definition) is 3. The van der Waals surface area contributed by atoms with Crippen LogP contribution in [0, 0.1) is 0 Å². The molecule has 0 spiro atoms. The van der Waals surface area contributed by atoms with E-state index in [2.05, 4.69) is 0 Å². The summed E-state index contributed by atoms with van der Waals surface area (Å²) >= 11 is 0. The molecule has 1 saturated heterocycles. The lowest BCUT2D eigenvalue weighted by Gasteiger charge is -2.20. The van der Waals surface area contributed by atoms with Crippen LogP contribution >= 0.6 is 0 Å². The molecule has 1 aliphatic rings. The zero-order valence-electron chi connectivity index (χ0n) is 11.3. The first-order valence-electron chi connectivity index (χ1n) is 6.86. The van der Waals surface area contributed by atoms with Gasteiger partial charge in [-0.25, -0.2) is 4.79 Å². The zero-order valence-corrected chi connectivity index (χ0v) is 11.3. The van der Waals surface area contributed by atoms with Crippen molar-refractivity contribution in [3.8, 4) is 0 Å². The lowest BCUT2D eigenvalue weighted by Crippen LogP contribution is -2.34. The lowest BCUT2D eigenvalue weighted by atomic mass is 10.1. The maximum Gasteiger partial charge on any atom is 0.407 e. The van der Waals surface area contributed by atoms with Gasteiger partial charge in [-0.05, 0) is 24.8 Å². The summed E-state index contributed by atoms with van der Waals surface area (Å²) in [5.74, 6) is -0.272. The van der Waals surface area contributed by atoms with E-state index >= 15 is 0 Å². The Hall–Kier alpha value is -2.04. The maximum atomic E-state index is 11.7. The van der Waals surface area contributed by atoms with Crippen LogP contribution in [0.3, 0.4) is 0 Å². The van der Waals surface area contributed by atoms with Crippen LogP contribution in [0.25, 0.3) is 0 Å². The molecule has 1 heterocycles. The Morgan fingerprint density at radius 2 is 2.05 bits per heavy atom. The van der Waals surface area contributed by atoms with E-state index in [9.17, 15) is 9.59 Å². The molecule has 2 rings (SSSR count). The number of ether oxygens (including phenoxy) is 1. The van der Waals surface area contributed by atoms with E-state index < -0.39 is 6.09 Å². The van der Waals surface area contributed by atoms with Crippen molar-refractivity contribution >= 4 is 12.1 Å². The van der Waals surface area contributed by atoms with Crippen LogP contribution < -0.4 is 0 Å². The van der Waals surface area contributed by atoms with Gasteiger partial charge >= 0.3 is 12.1 Å². The first-order valence-corrected chi connectivity index (χ1v) is 6.86. The third-order valence-corrected chi connectivity index (χ3v) is 3.55. The van der Waals surface area contributed by atoms with Gasteiger partial charge in [0.25, 0.3) is 0 Å². The number of amides is 1. The predicted octanol–water partition coefficient (Wildman–Crippen LogP) is 2.65. The minimum absolute atomic E-state index is 0.0447. The van der Waals surface area contributed by atoms with Crippen LogP contribution in [0.5, 0.6) is 0 Å². The molecule has 1 aromatic rings. The van der Waals surface area contributed by atoms with Crippen molar-refractivity contribution < 1.29 is 19.4 Å². The molecule has 0 radical (unpaired) electrons. The summed E-state index contributed by atoms with van der Waals surface area (Å²) in [6.07, 6.45) is 1.61. The molecule has 0 aromatic heterocycles. The summed E-state index contributed by atoms with van der Waals surface area (Å²) < 4.78 is 5.18. The van der Waals surface area contributed by atoms with Crippen LogP contribution in [0.4, 0.5) is 4.79 Å². The van der Waals surface area contributed by atoms with Gasteiger partial charge in [0.05, 0.1) is 0 Å². The summed E-state index contributed by atoms with van der Waals surface area (Å²) in [4.78, 5) is 24.1. The first kappa shape index (κ1) is 14.4. The number of hydrogen-bond donors (Lipinski definition) is 1. The number of carboxylic acid groups (broad SMARTS) is 1. The number of carbonyl (C=O) groups is 2. The number of carbonyl (C=O) groups excluding carboxylic acids is 1. The minimum Gasteiger partial charge on any atom is -0.465 e. The van der Waals surface area contributed by atoms with Crippen molar-refractivity contribution in [3.63, 3.8) is 0 Å². The zero-order chi connectivity index (χ0) is 14.4. The average molecular weight is 277 g/mol. The summed E-state index contributed by atoms with van der Waals surface area (Å²) in [6, 6.07) is 9.45. The highest BCUT2D eigenvalue weighted by Gasteiger charge is 2.28. The van der Waals surface area contributed by atoms with E-state index in [1.54, 1.807) is 0 Å². The normalized spacial score (nSPS) is 18.0. The number of rotatable bonds is 5. The summed E-state index contributed by atoms with van der Waals surface area (Å²) in [6.45, 7) is 0.839. The van der Waals surface area contributed by atoms with E-state index in [1.807, 2.05) is 30.3 Å². The Labute approximate surface area is 118 Å². The van der Waals surface area contributed by atoms with E-state index in [4.69, 9.17) is 9.84 Å². The largest absolute Gasteiger partial charge is 0.465 e. The summed E-state index contributed by atoms with van der Waals surface area (Å²) in [5, 5.41) is 9.01. The molecule has 1 atom stereocenters. The standard InChI is InChI=1S/C15H19NO4/c17-14(20-11-12-5-2-1-3-6-12)9-8-13-7-4-10-16(13)15(18)19/h1-3,5-6,13H,4,7-11H2,(H,18,19). The average Bonchev–Trinajstić information content (AvgIpc) is 2.92. The molecule has 1 fully saturated rings. The van der Waals surface area contributed by atoms with Gasteiger partial charge in [0.15, 0.2) is 0 Å². The van der Waals surface area contributed by atoms with Crippen LogP contribution in [-0.4, -0.2) is 34.7 Å². The maximum absolute atomic E-state index is 11.7. The molecule has 5 nitrogen and oxygen atoms in total. The molecule has 1 aliphatic heterocycles. The molecule has 0 aliphatic carbocycles. The van der Waals surface area contributed by atoms with E-state index in [0.29, 0.717) is 13.0 Å². The Morgan fingerprint density at radius 1 is 1.30 bits per heavy atom. The highest BCUT2D eigenvalue weighted by Crippen LogP contribution is 2.21. The van der Waals surface area contributed by atoms with Gasteiger partial charge in [-0.3, -0.25) is 4.79 Å². The summed E-state index contributed by atoms with van der Waals surface area (Å²) in [7, 11) is 0. The molecule has 1 amide bonds. The van der Waals surface area contributed by atoms with Crippen molar-refractivity contribution in [3.05, 3.63) is 35.9 Å². The smallest absolute Gasteiger partial charge is 0.407 e. The first-order chi connectivity index (χ1) is 9.66. The SMILES string of the molecule is O=C(CCC1CCCN1C(=O)O)OCc1ccccc1. The van der Waals surface area contributed by atoms with Gasteiger partial charge in [0.2, 0.25) is 0 Å².